The van der Waals surface area contributed by atoms with Gasteiger partial charge in [0.1, 0.15) is 11.4 Å². The Hall–Kier alpha value is -2.19. The average molecular weight is 344 g/mol. The van der Waals surface area contributed by atoms with Gasteiger partial charge in [0.05, 0.1) is 0 Å². The normalized spacial score (nSPS) is 25.0. The van der Waals surface area contributed by atoms with E-state index in [0.717, 1.165) is 12.3 Å². The van der Waals surface area contributed by atoms with E-state index in [1.807, 2.05) is 0 Å². The molecule has 0 aromatic carbocycles. The second-order valence-electron chi connectivity index (χ2n) is 6.29. The third-order valence-corrected chi connectivity index (χ3v) is 4.24. The van der Waals surface area contributed by atoms with Gasteiger partial charge in [-0.3, -0.25) is 4.79 Å². The van der Waals surface area contributed by atoms with Gasteiger partial charge in [0.25, 0.3) is 5.91 Å². The first kappa shape index (κ1) is 16.7. The van der Waals surface area contributed by atoms with Gasteiger partial charge in [0.2, 0.25) is 0 Å². The number of alkyl halides is 4. The summed E-state index contributed by atoms with van der Waals surface area (Å²) in [5, 5.41) is 6.42. The van der Waals surface area contributed by atoms with Crippen molar-refractivity contribution in [2.24, 2.45) is 0 Å². The molecule has 1 aliphatic rings. The van der Waals surface area contributed by atoms with Crippen molar-refractivity contribution in [3.63, 3.8) is 0 Å². The molecule has 2 aromatic rings. The predicted molar refractivity (Wildman–Crippen MR) is 77.2 cm³/mol. The van der Waals surface area contributed by atoms with E-state index in [9.17, 15) is 22.4 Å². The predicted octanol–water partition coefficient (Wildman–Crippen LogP) is 3.15. The van der Waals surface area contributed by atoms with Crippen molar-refractivity contribution in [2.45, 2.75) is 50.5 Å². The second-order valence-corrected chi connectivity index (χ2v) is 6.29. The van der Waals surface area contributed by atoms with Crippen LogP contribution in [0.1, 0.15) is 48.8 Å². The summed E-state index contributed by atoms with van der Waals surface area (Å²) in [7, 11) is 0. The van der Waals surface area contributed by atoms with E-state index in [4.69, 9.17) is 0 Å². The van der Waals surface area contributed by atoms with Crippen molar-refractivity contribution in [1.82, 2.24) is 19.9 Å². The third kappa shape index (κ3) is 3.34. The average Bonchev–Trinajstić information content (AvgIpc) is 2.92. The van der Waals surface area contributed by atoms with Crippen molar-refractivity contribution in [3.8, 4) is 0 Å². The van der Waals surface area contributed by atoms with Gasteiger partial charge in [-0.25, -0.2) is 13.9 Å². The minimum Gasteiger partial charge on any atom is -0.348 e. The van der Waals surface area contributed by atoms with Crippen LogP contribution < -0.4 is 5.32 Å². The zero-order valence-corrected chi connectivity index (χ0v) is 12.9. The van der Waals surface area contributed by atoms with Crippen molar-refractivity contribution >= 4 is 11.6 Å². The Labute approximate surface area is 135 Å². The summed E-state index contributed by atoms with van der Waals surface area (Å²) >= 11 is 0. The summed E-state index contributed by atoms with van der Waals surface area (Å²) in [6.45, 7) is 1.53. The molecule has 0 bridgehead atoms. The summed E-state index contributed by atoms with van der Waals surface area (Å²) in [5.41, 5.74) is -2.43. The fourth-order valence-corrected chi connectivity index (χ4v) is 2.84. The minimum absolute atomic E-state index is 0.0602. The largest absolute Gasteiger partial charge is 0.433 e. The van der Waals surface area contributed by atoms with Crippen LogP contribution >= 0.6 is 0 Å². The summed E-state index contributed by atoms with van der Waals surface area (Å²) in [6, 6.07) is 1.79. The maximum absolute atomic E-state index is 13.8. The highest BCUT2D eigenvalue weighted by molar-refractivity contribution is 5.93. The minimum atomic E-state index is -4.60. The zero-order valence-electron chi connectivity index (χ0n) is 12.9. The number of aromatic nitrogens is 3. The number of hydrogen-bond acceptors (Lipinski definition) is 3. The van der Waals surface area contributed by atoms with E-state index in [1.54, 1.807) is 0 Å². The summed E-state index contributed by atoms with van der Waals surface area (Å²) in [6.07, 6.45) is -1.94. The Morgan fingerprint density at radius 3 is 2.67 bits per heavy atom. The first-order valence-electron chi connectivity index (χ1n) is 7.57. The van der Waals surface area contributed by atoms with Crippen LogP contribution in [0.2, 0.25) is 0 Å². The maximum Gasteiger partial charge on any atom is 0.433 e. The highest BCUT2D eigenvalue weighted by atomic mass is 19.4. The molecule has 0 aliphatic heterocycles. The molecule has 130 valence electrons. The SMILES string of the molecule is CC1(F)CCC(NC(=O)c2cc3nccc(C(F)(F)F)n3n2)CC1. The molecule has 1 saturated carbocycles. The van der Waals surface area contributed by atoms with Crippen molar-refractivity contribution in [1.29, 1.82) is 0 Å². The molecule has 9 heteroatoms. The van der Waals surface area contributed by atoms with Gasteiger partial charge < -0.3 is 5.32 Å². The lowest BCUT2D eigenvalue weighted by atomic mass is 9.85. The maximum atomic E-state index is 13.8. The van der Waals surface area contributed by atoms with Crippen LogP contribution in [0.5, 0.6) is 0 Å². The molecule has 0 unspecified atom stereocenters. The van der Waals surface area contributed by atoms with Crippen LogP contribution in [0, 0.1) is 0 Å². The van der Waals surface area contributed by atoms with Crippen molar-refractivity contribution in [2.75, 3.05) is 0 Å². The smallest absolute Gasteiger partial charge is 0.348 e. The zero-order chi connectivity index (χ0) is 17.5. The third-order valence-electron chi connectivity index (χ3n) is 4.24. The highest BCUT2D eigenvalue weighted by Crippen LogP contribution is 2.31. The standard InChI is InChI=1S/C15H16F4N4O/c1-14(16)5-2-9(3-6-14)21-13(24)10-8-12-20-7-4-11(15(17,18)19)23(12)22-10/h4,7-9H,2-3,5-6H2,1H3,(H,21,24). The van der Waals surface area contributed by atoms with Crippen LogP contribution in [-0.2, 0) is 6.18 Å². The molecule has 0 radical (unpaired) electrons. The Kier molecular flexibility index (Phi) is 3.97. The molecular formula is C15H16F4N4O. The number of nitrogens with one attached hydrogen (secondary N) is 1. The second kappa shape index (κ2) is 5.71. The van der Waals surface area contributed by atoms with Gasteiger partial charge >= 0.3 is 6.18 Å². The van der Waals surface area contributed by atoms with E-state index >= 15 is 0 Å². The highest BCUT2D eigenvalue weighted by Gasteiger charge is 2.35. The van der Waals surface area contributed by atoms with Gasteiger partial charge in [-0.15, -0.1) is 0 Å². The van der Waals surface area contributed by atoms with Gasteiger partial charge in [-0.05, 0) is 38.7 Å². The quantitative estimate of drug-likeness (QED) is 0.852. The molecule has 1 fully saturated rings. The number of carbonyl (C=O) groups is 1. The van der Waals surface area contributed by atoms with Crippen molar-refractivity contribution < 1.29 is 22.4 Å². The molecule has 2 heterocycles. The molecule has 0 saturated heterocycles. The lowest BCUT2D eigenvalue weighted by molar-refractivity contribution is -0.142. The number of carbonyl (C=O) groups excluding carboxylic acids is 1. The molecule has 1 amide bonds. The molecule has 24 heavy (non-hydrogen) atoms. The molecule has 1 aliphatic carbocycles. The monoisotopic (exact) mass is 344 g/mol. The molecule has 0 atom stereocenters. The fourth-order valence-electron chi connectivity index (χ4n) is 2.84. The first-order chi connectivity index (χ1) is 11.2. The van der Waals surface area contributed by atoms with Crippen LogP contribution in [0.3, 0.4) is 0 Å². The van der Waals surface area contributed by atoms with E-state index in [1.165, 1.54) is 13.0 Å². The van der Waals surface area contributed by atoms with E-state index < -0.39 is 23.4 Å². The Bertz CT molecular complexity index is 758. The molecule has 2 aromatic heterocycles. The van der Waals surface area contributed by atoms with Gasteiger partial charge in [-0.2, -0.15) is 18.3 Å². The Morgan fingerprint density at radius 1 is 1.38 bits per heavy atom. The number of rotatable bonds is 2. The number of fused-ring (bicyclic) bond motifs is 1. The van der Waals surface area contributed by atoms with E-state index in [2.05, 4.69) is 15.4 Å². The van der Waals surface area contributed by atoms with E-state index in [0.29, 0.717) is 30.2 Å². The molecule has 5 nitrogen and oxygen atoms in total. The number of amides is 1. The summed E-state index contributed by atoms with van der Waals surface area (Å²) in [4.78, 5) is 16.0. The van der Waals surface area contributed by atoms with Gasteiger partial charge in [0.15, 0.2) is 11.3 Å². The summed E-state index contributed by atoms with van der Waals surface area (Å²) < 4.78 is 53.2. The van der Waals surface area contributed by atoms with Crippen molar-refractivity contribution in [3.05, 3.63) is 29.7 Å². The lowest BCUT2D eigenvalue weighted by Crippen LogP contribution is -2.40. The Balaban J connectivity index is 1.79. The van der Waals surface area contributed by atoms with Gasteiger partial charge in [0, 0.05) is 18.3 Å². The van der Waals surface area contributed by atoms with E-state index in [-0.39, 0.29) is 17.4 Å². The summed E-state index contributed by atoms with van der Waals surface area (Å²) in [5.74, 6) is -0.582. The molecule has 0 spiro atoms. The molecule has 1 N–H and O–H groups in total. The van der Waals surface area contributed by atoms with Gasteiger partial charge in [-0.1, -0.05) is 0 Å². The molecular weight excluding hydrogens is 328 g/mol. The first-order valence-corrected chi connectivity index (χ1v) is 7.57. The van der Waals surface area contributed by atoms with Crippen LogP contribution in [-0.4, -0.2) is 32.2 Å². The fraction of sp³-hybridized carbons (Fsp3) is 0.533. The number of nitrogens with zero attached hydrogens (tertiary/aromatic N) is 3. The number of hydrogen-bond donors (Lipinski definition) is 1. The lowest BCUT2D eigenvalue weighted by Gasteiger charge is -2.31. The Morgan fingerprint density at radius 2 is 2.04 bits per heavy atom. The van der Waals surface area contributed by atoms with Crippen LogP contribution in [0.25, 0.3) is 5.65 Å². The topological polar surface area (TPSA) is 59.3 Å². The van der Waals surface area contributed by atoms with Crippen LogP contribution in [0.15, 0.2) is 18.3 Å². The number of halogens is 4. The molecule has 3 rings (SSSR count). The van der Waals surface area contributed by atoms with Crippen LogP contribution in [0.4, 0.5) is 17.6 Å².